The van der Waals surface area contributed by atoms with Gasteiger partial charge in [0.25, 0.3) is 0 Å². The summed E-state index contributed by atoms with van der Waals surface area (Å²) < 4.78 is 26.2. The van der Waals surface area contributed by atoms with Crippen molar-refractivity contribution in [1.29, 1.82) is 0 Å². The monoisotopic (exact) mass is 530 g/mol. The van der Waals surface area contributed by atoms with E-state index in [1.807, 2.05) is 12.1 Å². The molecule has 10 nitrogen and oxygen atoms in total. The number of carboxylic acid groups (broad SMARTS) is 1. The predicted molar refractivity (Wildman–Crippen MR) is 141 cm³/mol. The molecule has 0 spiro atoms. The molecule has 37 heavy (non-hydrogen) atoms. The van der Waals surface area contributed by atoms with Crippen LogP contribution in [-0.4, -0.2) is 85.5 Å². The smallest absolute Gasteiger partial charge is 0.328 e. The van der Waals surface area contributed by atoms with E-state index in [4.69, 9.17) is 5.11 Å². The number of nitrogens with one attached hydrogen (secondary N) is 2. The summed E-state index contributed by atoms with van der Waals surface area (Å²) in [5, 5.41) is 15.8. The topological polar surface area (TPSA) is 136 Å². The first-order chi connectivity index (χ1) is 17.6. The third-order valence-electron chi connectivity index (χ3n) is 6.58. The van der Waals surface area contributed by atoms with Gasteiger partial charge in [0.1, 0.15) is 0 Å². The van der Waals surface area contributed by atoms with Crippen LogP contribution in [0, 0.1) is 0 Å². The molecule has 3 rings (SSSR count). The first-order valence-electron chi connectivity index (χ1n) is 12.2. The molecule has 2 aromatic carbocycles. The summed E-state index contributed by atoms with van der Waals surface area (Å²) in [6.45, 7) is 2.84. The Kier molecular flexibility index (Phi) is 9.79. The molecule has 0 bridgehead atoms. The minimum atomic E-state index is -3.65. The highest BCUT2D eigenvalue weighted by molar-refractivity contribution is 7.88. The number of hydrogen-bond donors (Lipinski definition) is 3. The van der Waals surface area contributed by atoms with Crippen LogP contribution in [0.2, 0.25) is 0 Å². The fourth-order valence-electron chi connectivity index (χ4n) is 4.66. The Balaban J connectivity index is 1.55. The van der Waals surface area contributed by atoms with Crippen molar-refractivity contribution >= 4 is 38.6 Å². The van der Waals surface area contributed by atoms with Gasteiger partial charge >= 0.3 is 5.97 Å². The van der Waals surface area contributed by atoms with E-state index in [2.05, 4.69) is 52.8 Å². The molecule has 1 aliphatic rings. The zero-order valence-corrected chi connectivity index (χ0v) is 21.9. The Morgan fingerprint density at radius 1 is 1.08 bits per heavy atom. The maximum absolute atomic E-state index is 12.5. The highest BCUT2D eigenvalue weighted by Gasteiger charge is 2.33. The van der Waals surface area contributed by atoms with Gasteiger partial charge in [0, 0.05) is 37.8 Å². The first-order valence-corrected chi connectivity index (χ1v) is 14.0. The largest absolute Gasteiger partial charge is 0.478 e. The second kappa shape index (κ2) is 12.8. The summed E-state index contributed by atoms with van der Waals surface area (Å²) in [5.41, 5.74) is 1.23. The molecule has 1 aliphatic heterocycles. The molecule has 0 saturated carbocycles. The number of benzene rings is 2. The third-order valence-corrected chi connectivity index (χ3v) is 7.86. The van der Waals surface area contributed by atoms with Crippen LogP contribution in [0.1, 0.15) is 31.4 Å². The number of hydrogen-bond acceptors (Lipinski definition) is 6. The van der Waals surface area contributed by atoms with Gasteiger partial charge in [0.05, 0.1) is 19.3 Å². The molecular weight excluding hydrogens is 496 g/mol. The van der Waals surface area contributed by atoms with Gasteiger partial charge in [-0.2, -0.15) is 4.31 Å². The molecule has 0 unspecified atom stereocenters. The first kappa shape index (κ1) is 28.3. The van der Waals surface area contributed by atoms with Crippen molar-refractivity contribution in [2.75, 3.05) is 39.0 Å². The Morgan fingerprint density at radius 3 is 2.43 bits per heavy atom. The molecule has 1 saturated heterocycles. The Labute approximate surface area is 217 Å². The number of fused-ring (bicyclic) bond motifs is 1. The molecule has 2 amide bonds. The Bertz CT molecular complexity index is 1250. The fraction of sp³-hybridized carbons (Fsp3) is 0.423. The second-order valence-corrected chi connectivity index (χ2v) is 11.1. The third kappa shape index (κ3) is 8.11. The number of carboxylic acids is 1. The Hall–Kier alpha value is -3.28. The van der Waals surface area contributed by atoms with E-state index in [-0.39, 0.29) is 31.7 Å². The average molecular weight is 531 g/mol. The number of amides is 2. The maximum Gasteiger partial charge on any atom is 0.328 e. The van der Waals surface area contributed by atoms with E-state index >= 15 is 0 Å². The van der Waals surface area contributed by atoms with E-state index in [1.54, 1.807) is 0 Å². The summed E-state index contributed by atoms with van der Waals surface area (Å²) in [4.78, 5) is 37.0. The number of carbonyl (C=O) groups excluding carboxylic acids is 2. The van der Waals surface area contributed by atoms with Crippen LogP contribution in [0.5, 0.6) is 0 Å². The molecule has 3 N–H and O–H groups in total. The minimum absolute atomic E-state index is 0.00619. The standard InChI is InChI=1S/C26H34N4O6S/c1-19(22-10-5-8-20-7-3-4-9-23(20)22)29-15-12-21(13-16-29)30(37(2,35)36)18-25(32)28-17-24(31)27-14-6-11-26(33)34/h3-11,19,21H,12-18H2,1-2H3,(H,27,31)(H,28,32)(H,33,34)/b11-6+/t19-/m1/s1. The molecule has 200 valence electrons. The highest BCUT2D eigenvalue weighted by Crippen LogP contribution is 2.31. The molecule has 1 heterocycles. The van der Waals surface area contributed by atoms with Gasteiger partial charge in [-0.1, -0.05) is 48.5 Å². The van der Waals surface area contributed by atoms with E-state index in [1.165, 1.54) is 26.7 Å². The van der Waals surface area contributed by atoms with Gasteiger partial charge in [0.2, 0.25) is 21.8 Å². The quantitative estimate of drug-likeness (QED) is 0.375. The normalized spacial score (nSPS) is 16.2. The van der Waals surface area contributed by atoms with E-state index < -0.39 is 27.8 Å². The van der Waals surface area contributed by atoms with Crippen LogP contribution in [0.25, 0.3) is 10.8 Å². The highest BCUT2D eigenvalue weighted by atomic mass is 32.2. The molecule has 1 fully saturated rings. The van der Waals surface area contributed by atoms with Gasteiger partial charge < -0.3 is 15.7 Å². The number of rotatable bonds is 11. The predicted octanol–water partition coefficient (Wildman–Crippen LogP) is 1.50. The molecule has 0 aromatic heterocycles. The molecular formula is C26H34N4O6S. The molecule has 11 heteroatoms. The number of carbonyl (C=O) groups is 3. The summed E-state index contributed by atoms with van der Waals surface area (Å²) in [7, 11) is -3.65. The van der Waals surface area contributed by atoms with Crippen LogP contribution >= 0.6 is 0 Å². The average Bonchev–Trinajstić information content (AvgIpc) is 2.87. The molecule has 1 atom stereocenters. The SMILES string of the molecule is C[C@H](c1cccc2ccccc12)N1CCC(N(CC(=O)NCC(=O)NC/C=C/C(=O)O)S(C)(=O)=O)CC1. The Morgan fingerprint density at radius 2 is 1.76 bits per heavy atom. The van der Waals surface area contributed by atoms with Crippen molar-refractivity contribution in [3.05, 3.63) is 60.2 Å². The summed E-state index contributed by atoms with van der Waals surface area (Å²) in [5.74, 6) is -2.21. The van der Waals surface area contributed by atoms with Crippen LogP contribution in [0.3, 0.4) is 0 Å². The lowest BCUT2D eigenvalue weighted by molar-refractivity contribution is -0.131. The lowest BCUT2D eigenvalue weighted by atomic mass is 9.96. The zero-order valence-electron chi connectivity index (χ0n) is 21.1. The number of piperidine rings is 1. The molecule has 0 aliphatic carbocycles. The fourth-order valence-corrected chi connectivity index (χ4v) is 5.77. The van der Waals surface area contributed by atoms with Crippen molar-refractivity contribution in [2.24, 2.45) is 0 Å². The van der Waals surface area contributed by atoms with Crippen molar-refractivity contribution in [3.63, 3.8) is 0 Å². The van der Waals surface area contributed by atoms with Crippen molar-refractivity contribution in [2.45, 2.75) is 31.8 Å². The summed E-state index contributed by atoms with van der Waals surface area (Å²) in [6.07, 6.45) is 4.43. The summed E-state index contributed by atoms with van der Waals surface area (Å²) >= 11 is 0. The lowest BCUT2D eigenvalue weighted by Gasteiger charge is -2.39. The van der Waals surface area contributed by atoms with Gasteiger partial charge in [-0.3, -0.25) is 14.5 Å². The van der Waals surface area contributed by atoms with Crippen LogP contribution in [0.15, 0.2) is 54.6 Å². The minimum Gasteiger partial charge on any atom is -0.478 e. The molecule has 2 aromatic rings. The lowest BCUT2D eigenvalue weighted by Crippen LogP contribution is -2.51. The van der Waals surface area contributed by atoms with E-state index in [0.717, 1.165) is 12.3 Å². The van der Waals surface area contributed by atoms with Crippen LogP contribution in [-0.2, 0) is 24.4 Å². The molecule has 0 radical (unpaired) electrons. The number of aliphatic carboxylic acids is 1. The van der Waals surface area contributed by atoms with Crippen LogP contribution < -0.4 is 10.6 Å². The maximum atomic E-state index is 12.5. The van der Waals surface area contributed by atoms with E-state index in [9.17, 15) is 22.8 Å². The van der Waals surface area contributed by atoms with E-state index in [0.29, 0.717) is 25.9 Å². The number of likely N-dealkylation sites (tertiary alicyclic amines) is 1. The van der Waals surface area contributed by atoms with Gasteiger partial charge in [-0.15, -0.1) is 0 Å². The van der Waals surface area contributed by atoms with Crippen LogP contribution in [0.4, 0.5) is 0 Å². The number of sulfonamides is 1. The number of nitrogens with zero attached hydrogens (tertiary/aromatic N) is 2. The van der Waals surface area contributed by atoms with Crippen molar-refractivity contribution in [3.8, 4) is 0 Å². The van der Waals surface area contributed by atoms with Crippen molar-refractivity contribution < 1.29 is 27.9 Å². The summed E-state index contributed by atoms with van der Waals surface area (Å²) in [6, 6.07) is 14.4. The van der Waals surface area contributed by atoms with Crippen molar-refractivity contribution in [1.82, 2.24) is 19.8 Å². The van der Waals surface area contributed by atoms with Gasteiger partial charge in [-0.05, 0) is 36.1 Å². The van der Waals surface area contributed by atoms with Gasteiger partial charge in [-0.25, -0.2) is 13.2 Å². The van der Waals surface area contributed by atoms with Gasteiger partial charge in [0.15, 0.2) is 0 Å². The zero-order chi connectivity index (χ0) is 27.0. The second-order valence-electron chi connectivity index (χ2n) is 9.14.